The summed E-state index contributed by atoms with van der Waals surface area (Å²) in [6.45, 7) is 6.16. The first-order chi connectivity index (χ1) is 6.04. The Morgan fingerprint density at radius 3 is 2.69 bits per heavy atom. The Morgan fingerprint density at radius 1 is 1.46 bits per heavy atom. The van der Waals surface area contributed by atoms with Gasteiger partial charge in [0.25, 0.3) is 0 Å². The Labute approximate surface area is 78.5 Å². The van der Waals surface area contributed by atoms with Crippen LogP contribution >= 0.6 is 0 Å². The molecule has 0 saturated carbocycles. The molecule has 13 heavy (non-hydrogen) atoms. The second kappa shape index (κ2) is 3.53. The summed E-state index contributed by atoms with van der Waals surface area (Å²) in [7, 11) is 0. The lowest BCUT2D eigenvalue weighted by molar-refractivity contribution is 0.542. The number of hydrogen-bond acceptors (Lipinski definition) is 3. The Morgan fingerprint density at radius 2 is 2.15 bits per heavy atom. The van der Waals surface area contributed by atoms with Crippen molar-refractivity contribution in [2.24, 2.45) is 0 Å². The van der Waals surface area contributed by atoms with E-state index >= 15 is 0 Å². The van der Waals surface area contributed by atoms with Crippen LogP contribution in [0.4, 0.5) is 0 Å². The van der Waals surface area contributed by atoms with Crippen LogP contribution in [0.2, 0.25) is 0 Å². The van der Waals surface area contributed by atoms with Crippen LogP contribution < -0.4 is 0 Å². The standard InChI is InChI=1S/C10H13N3/c1-10(2,3)9-12-7-5-8(13-9)4-6-11/h5,7H,4H2,1-3H3. The summed E-state index contributed by atoms with van der Waals surface area (Å²) in [5.41, 5.74) is 0.744. The summed E-state index contributed by atoms with van der Waals surface area (Å²) < 4.78 is 0. The van der Waals surface area contributed by atoms with Gasteiger partial charge in [0.05, 0.1) is 18.2 Å². The lowest BCUT2D eigenvalue weighted by atomic mass is 9.95. The lowest BCUT2D eigenvalue weighted by Crippen LogP contribution is -2.16. The van der Waals surface area contributed by atoms with E-state index in [0.717, 1.165) is 11.5 Å². The molecule has 0 aliphatic heterocycles. The minimum absolute atomic E-state index is 0.0501. The zero-order valence-electron chi connectivity index (χ0n) is 8.20. The molecule has 0 spiro atoms. The van der Waals surface area contributed by atoms with Crippen LogP contribution in [-0.4, -0.2) is 9.97 Å². The molecule has 0 fully saturated rings. The van der Waals surface area contributed by atoms with E-state index in [1.165, 1.54) is 0 Å². The van der Waals surface area contributed by atoms with Crippen LogP contribution in [0, 0.1) is 11.3 Å². The molecule has 1 rings (SSSR count). The third-order valence-electron chi connectivity index (χ3n) is 1.64. The van der Waals surface area contributed by atoms with Crippen molar-refractivity contribution in [3.63, 3.8) is 0 Å². The summed E-state index contributed by atoms with van der Waals surface area (Å²) in [5.74, 6) is 0.792. The fourth-order valence-corrected chi connectivity index (χ4v) is 0.937. The first-order valence-corrected chi connectivity index (χ1v) is 4.23. The largest absolute Gasteiger partial charge is 0.241 e. The molecule has 0 unspecified atom stereocenters. The predicted octanol–water partition coefficient (Wildman–Crippen LogP) is 1.84. The second-order valence-electron chi connectivity index (χ2n) is 3.96. The van der Waals surface area contributed by atoms with Gasteiger partial charge in [0.15, 0.2) is 0 Å². The fourth-order valence-electron chi connectivity index (χ4n) is 0.937. The van der Waals surface area contributed by atoms with Gasteiger partial charge >= 0.3 is 0 Å². The molecule has 0 amide bonds. The van der Waals surface area contributed by atoms with Gasteiger partial charge in [-0.2, -0.15) is 5.26 Å². The highest BCUT2D eigenvalue weighted by molar-refractivity contribution is 5.11. The highest BCUT2D eigenvalue weighted by Crippen LogP contribution is 2.17. The van der Waals surface area contributed by atoms with E-state index in [2.05, 4.69) is 36.8 Å². The number of nitriles is 1. The molecule has 0 saturated heterocycles. The summed E-state index contributed by atoms with van der Waals surface area (Å²) in [6, 6.07) is 3.85. The normalized spacial score (nSPS) is 10.9. The molecule has 68 valence electrons. The van der Waals surface area contributed by atoms with E-state index < -0.39 is 0 Å². The summed E-state index contributed by atoms with van der Waals surface area (Å²) >= 11 is 0. The molecule has 0 atom stereocenters. The minimum atomic E-state index is -0.0501. The van der Waals surface area contributed by atoms with Crippen LogP contribution in [0.5, 0.6) is 0 Å². The molecule has 1 aromatic heterocycles. The molecular formula is C10H13N3. The Balaban J connectivity index is 3.00. The molecular weight excluding hydrogens is 162 g/mol. The molecule has 3 heteroatoms. The zero-order chi connectivity index (χ0) is 9.90. The molecule has 3 nitrogen and oxygen atoms in total. The Hall–Kier alpha value is -1.43. The van der Waals surface area contributed by atoms with E-state index in [4.69, 9.17) is 5.26 Å². The van der Waals surface area contributed by atoms with Crippen LogP contribution in [-0.2, 0) is 11.8 Å². The lowest BCUT2D eigenvalue weighted by Gasteiger charge is -2.16. The van der Waals surface area contributed by atoms with Crippen molar-refractivity contribution in [1.29, 1.82) is 5.26 Å². The third-order valence-corrected chi connectivity index (χ3v) is 1.64. The smallest absolute Gasteiger partial charge is 0.133 e. The Bertz CT molecular complexity index is 331. The minimum Gasteiger partial charge on any atom is -0.241 e. The molecule has 0 aliphatic rings. The monoisotopic (exact) mass is 175 g/mol. The van der Waals surface area contributed by atoms with E-state index in [-0.39, 0.29) is 5.41 Å². The van der Waals surface area contributed by atoms with E-state index in [1.54, 1.807) is 12.3 Å². The zero-order valence-corrected chi connectivity index (χ0v) is 8.20. The maximum Gasteiger partial charge on any atom is 0.133 e. The molecule has 0 bridgehead atoms. The first-order valence-electron chi connectivity index (χ1n) is 4.23. The van der Waals surface area contributed by atoms with Gasteiger partial charge in [0.1, 0.15) is 5.82 Å². The van der Waals surface area contributed by atoms with Crippen LogP contribution in [0.15, 0.2) is 12.3 Å². The van der Waals surface area contributed by atoms with E-state index in [9.17, 15) is 0 Å². The summed E-state index contributed by atoms with van der Waals surface area (Å²) in [6.07, 6.45) is 2.06. The molecule has 1 aromatic rings. The van der Waals surface area contributed by atoms with Crippen molar-refractivity contribution in [3.8, 4) is 6.07 Å². The molecule has 0 N–H and O–H groups in total. The van der Waals surface area contributed by atoms with Crippen LogP contribution in [0.3, 0.4) is 0 Å². The molecule has 0 radical (unpaired) electrons. The summed E-state index contributed by atoms with van der Waals surface area (Å²) in [4.78, 5) is 8.47. The maximum absolute atomic E-state index is 8.50. The van der Waals surface area contributed by atoms with Gasteiger partial charge < -0.3 is 0 Å². The first kappa shape index (κ1) is 9.66. The van der Waals surface area contributed by atoms with Gasteiger partial charge in [-0.15, -0.1) is 0 Å². The number of aromatic nitrogens is 2. The van der Waals surface area contributed by atoms with Gasteiger partial charge in [-0.3, -0.25) is 0 Å². The Kier molecular flexibility index (Phi) is 2.62. The highest BCUT2D eigenvalue weighted by Gasteiger charge is 2.16. The molecule has 0 aliphatic carbocycles. The van der Waals surface area contributed by atoms with Crippen LogP contribution in [0.1, 0.15) is 32.3 Å². The average molecular weight is 175 g/mol. The van der Waals surface area contributed by atoms with Crippen molar-refractivity contribution < 1.29 is 0 Å². The molecule has 1 heterocycles. The van der Waals surface area contributed by atoms with Gasteiger partial charge in [0, 0.05) is 11.6 Å². The van der Waals surface area contributed by atoms with Gasteiger partial charge in [-0.25, -0.2) is 9.97 Å². The SMILES string of the molecule is CC(C)(C)c1nccc(CC#N)n1. The second-order valence-corrected chi connectivity index (χ2v) is 3.96. The summed E-state index contributed by atoms with van der Waals surface area (Å²) in [5, 5.41) is 8.50. The van der Waals surface area contributed by atoms with Crippen molar-refractivity contribution >= 4 is 0 Å². The topological polar surface area (TPSA) is 49.6 Å². The number of rotatable bonds is 1. The van der Waals surface area contributed by atoms with E-state index in [0.29, 0.717) is 6.42 Å². The third kappa shape index (κ3) is 2.51. The quantitative estimate of drug-likeness (QED) is 0.654. The van der Waals surface area contributed by atoms with Crippen molar-refractivity contribution in [1.82, 2.24) is 9.97 Å². The molecule has 0 aromatic carbocycles. The van der Waals surface area contributed by atoms with Crippen LogP contribution in [0.25, 0.3) is 0 Å². The highest BCUT2D eigenvalue weighted by atomic mass is 14.9. The number of hydrogen-bond donors (Lipinski definition) is 0. The fraction of sp³-hybridized carbons (Fsp3) is 0.500. The van der Waals surface area contributed by atoms with Crippen molar-refractivity contribution in [3.05, 3.63) is 23.8 Å². The van der Waals surface area contributed by atoms with Gasteiger partial charge in [-0.05, 0) is 6.07 Å². The van der Waals surface area contributed by atoms with Gasteiger partial charge in [0.2, 0.25) is 0 Å². The number of nitrogens with zero attached hydrogens (tertiary/aromatic N) is 3. The maximum atomic E-state index is 8.50. The van der Waals surface area contributed by atoms with E-state index in [1.807, 2.05) is 0 Å². The van der Waals surface area contributed by atoms with Crippen molar-refractivity contribution in [2.75, 3.05) is 0 Å². The van der Waals surface area contributed by atoms with Gasteiger partial charge in [-0.1, -0.05) is 20.8 Å². The average Bonchev–Trinajstić information content (AvgIpc) is 2.04. The van der Waals surface area contributed by atoms with Crippen molar-refractivity contribution in [2.45, 2.75) is 32.6 Å². The predicted molar refractivity (Wildman–Crippen MR) is 50.0 cm³/mol.